The molecule has 0 bridgehead atoms. The van der Waals surface area contributed by atoms with Gasteiger partial charge in [-0.25, -0.2) is 0 Å². The highest BCUT2D eigenvalue weighted by Gasteiger charge is 2.09. The first-order valence-electron chi connectivity index (χ1n) is 6.53. The molecule has 0 fully saturated rings. The van der Waals surface area contributed by atoms with Crippen LogP contribution in [0.3, 0.4) is 0 Å². The van der Waals surface area contributed by atoms with Crippen LogP contribution in [0.4, 0.5) is 5.13 Å². The van der Waals surface area contributed by atoms with Crippen molar-refractivity contribution in [2.24, 2.45) is 0 Å². The molecule has 1 aromatic heterocycles. The molecular weight excluding hydrogens is 274 g/mol. The van der Waals surface area contributed by atoms with E-state index in [9.17, 15) is 4.79 Å². The lowest BCUT2D eigenvalue weighted by Gasteiger charge is -2.06. The number of amides is 1. The molecule has 2 aromatic rings. The van der Waals surface area contributed by atoms with E-state index in [0.29, 0.717) is 17.3 Å². The number of benzene rings is 1. The molecule has 1 heterocycles. The van der Waals surface area contributed by atoms with Gasteiger partial charge < -0.3 is 4.74 Å². The third-order valence-electron chi connectivity index (χ3n) is 2.63. The lowest BCUT2D eigenvalue weighted by molar-refractivity contribution is 0.102. The van der Waals surface area contributed by atoms with Gasteiger partial charge in [0.1, 0.15) is 10.8 Å². The maximum Gasteiger partial charge on any atom is 0.257 e. The maximum absolute atomic E-state index is 12.0. The van der Waals surface area contributed by atoms with Gasteiger partial charge in [-0.2, -0.15) is 0 Å². The van der Waals surface area contributed by atoms with Gasteiger partial charge in [-0.15, -0.1) is 10.2 Å². The average Bonchev–Trinajstić information content (AvgIpc) is 2.85. The normalized spacial score (nSPS) is 10.3. The van der Waals surface area contributed by atoms with Gasteiger partial charge in [-0.3, -0.25) is 10.1 Å². The first-order valence-corrected chi connectivity index (χ1v) is 7.35. The van der Waals surface area contributed by atoms with Crippen molar-refractivity contribution in [3.63, 3.8) is 0 Å². The SMILES string of the molecule is CCCCOc1ccc(C(=O)Nc2nnc(C)s2)cc1. The van der Waals surface area contributed by atoms with Gasteiger partial charge in [0.2, 0.25) is 5.13 Å². The predicted molar refractivity (Wildman–Crippen MR) is 79.4 cm³/mol. The van der Waals surface area contributed by atoms with E-state index in [1.165, 1.54) is 11.3 Å². The standard InChI is InChI=1S/C14H17N3O2S/c1-3-4-9-19-12-7-5-11(6-8-12)13(18)15-14-17-16-10(2)20-14/h5-8H,3-4,9H2,1-2H3,(H,15,17,18). The summed E-state index contributed by atoms with van der Waals surface area (Å²) < 4.78 is 5.55. The zero-order valence-electron chi connectivity index (χ0n) is 11.5. The number of aryl methyl sites for hydroxylation is 1. The Labute approximate surface area is 122 Å². The van der Waals surface area contributed by atoms with Gasteiger partial charge >= 0.3 is 0 Å². The van der Waals surface area contributed by atoms with Gasteiger partial charge in [-0.05, 0) is 37.6 Å². The zero-order valence-corrected chi connectivity index (χ0v) is 12.4. The highest BCUT2D eigenvalue weighted by molar-refractivity contribution is 7.15. The molecule has 0 saturated carbocycles. The second kappa shape index (κ2) is 7.00. The van der Waals surface area contributed by atoms with Gasteiger partial charge in [0.15, 0.2) is 0 Å². The van der Waals surface area contributed by atoms with E-state index in [0.717, 1.165) is 23.6 Å². The van der Waals surface area contributed by atoms with Crippen molar-refractivity contribution in [3.8, 4) is 5.75 Å². The highest BCUT2D eigenvalue weighted by Crippen LogP contribution is 2.17. The lowest BCUT2D eigenvalue weighted by atomic mass is 10.2. The number of rotatable bonds is 6. The van der Waals surface area contributed by atoms with Crippen LogP contribution in [0.25, 0.3) is 0 Å². The van der Waals surface area contributed by atoms with Crippen LogP contribution < -0.4 is 10.1 Å². The van der Waals surface area contributed by atoms with Crippen LogP contribution in [0, 0.1) is 6.92 Å². The summed E-state index contributed by atoms with van der Waals surface area (Å²) in [5.74, 6) is 0.586. The van der Waals surface area contributed by atoms with Crippen LogP contribution in [0.2, 0.25) is 0 Å². The number of ether oxygens (including phenoxy) is 1. The van der Waals surface area contributed by atoms with Gasteiger partial charge in [0, 0.05) is 5.56 Å². The number of hydrogen-bond acceptors (Lipinski definition) is 5. The van der Waals surface area contributed by atoms with E-state index in [2.05, 4.69) is 22.4 Å². The van der Waals surface area contributed by atoms with E-state index in [1.807, 2.05) is 6.92 Å². The summed E-state index contributed by atoms with van der Waals surface area (Å²) in [6.07, 6.45) is 2.13. The van der Waals surface area contributed by atoms with E-state index in [-0.39, 0.29) is 5.91 Å². The molecule has 0 unspecified atom stereocenters. The fraction of sp³-hybridized carbons (Fsp3) is 0.357. The lowest BCUT2D eigenvalue weighted by Crippen LogP contribution is -2.11. The Morgan fingerprint density at radius 3 is 2.65 bits per heavy atom. The van der Waals surface area contributed by atoms with Gasteiger partial charge in [0.25, 0.3) is 5.91 Å². The fourth-order valence-corrected chi connectivity index (χ4v) is 2.14. The van der Waals surface area contributed by atoms with Crippen molar-refractivity contribution in [2.75, 3.05) is 11.9 Å². The second-order valence-electron chi connectivity index (χ2n) is 4.31. The van der Waals surface area contributed by atoms with Crippen LogP contribution in [0.1, 0.15) is 35.1 Å². The van der Waals surface area contributed by atoms with Crippen LogP contribution >= 0.6 is 11.3 Å². The molecule has 2 rings (SSSR count). The Kier molecular flexibility index (Phi) is 5.06. The molecule has 0 spiro atoms. The van der Waals surface area contributed by atoms with Crippen molar-refractivity contribution in [1.29, 1.82) is 0 Å². The van der Waals surface area contributed by atoms with Gasteiger partial charge in [-0.1, -0.05) is 24.7 Å². The molecule has 0 aliphatic rings. The van der Waals surface area contributed by atoms with Crippen LogP contribution in [-0.2, 0) is 0 Å². The number of nitrogens with one attached hydrogen (secondary N) is 1. The predicted octanol–water partition coefficient (Wildman–Crippen LogP) is 3.28. The Balaban J connectivity index is 1.93. The number of aromatic nitrogens is 2. The Morgan fingerprint density at radius 2 is 2.05 bits per heavy atom. The van der Waals surface area contributed by atoms with E-state index < -0.39 is 0 Å². The summed E-state index contributed by atoms with van der Waals surface area (Å²) in [5, 5.41) is 11.8. The number of anilines is 1. The average molecular weight is 291 g/mol. The summed E-state index contributed by atoms with van der Waals surface area (Å²) in [6, 6.07) is 7.08. The molecule has 0 atom stereocenters. The molecule has 0 aliphatic heterocycles. The fourth-order valence-electron chi connectivity index (χ4n) is 1.55. The molecule has 20 heavy (non-hydrogen) atoms. The van der Waals surface area contributed by atoms with Crippen LogP contribution in [-0.4, -0.2) is 22.7 Å². The summed E-state index contributed by atoms with van der Waals surface area (Å²) in [5.41, 5.74) is 0.570. The summed E-state index contributed by atoms with van der Waals surface area (Å²) in [6.45, 7) is 4.66. The molecule has 6 heteroatoms. The molecule has 106 valence electrons. The molecule has 0 radical (unpaired) electrons. The number of carbonyl (C=O) groups excluding carboxylic acids is 1. The number of unbranched alkanes of at least 4 members (excludes halogenated alkanes) is 1. The first kappa shape index (κ1) is 14.5. The second-order valence-corrected chi connectivity index (χ2v) is 5.49. The minimum Gasteiger partial charge on any atom is -0.494 e. The van der Waals surface area contributed by atoms with Crippen molar-refractivity contribution in [1.82, 2.24) is 10.2 Å². The Bertz CT molecular complexity index is 566. The highest BCUT2D eigenvalue weighted by atomic mass is 32.1. The van der Waals surface area contributed by atoms with Gasteiger partial charge in [0.05, 0.1) is 6.61 Å². The number of carbonyl (C=O) groups is 1. The van der Waals surface area contributed by atoms with Crippen LogP contribution in [0.5, 0.6) is 5.75 Å². The minimum absolute atomic E-state index is 0.193. The third-order valence-corrected chi connectivity index (χ3v) is 3.38. The molecule has 1 aromatic carbocycles. The number of hydrogen-bond donors (Lipinski definition) is 1. The van der Waals surface area contributed by atoms with Crippen molar-refractivity contribution >= 4 is 22.4 Å². The molecule has 0 saturated heterocycles. The van der Waals surface area contributed by atoms with Crippen molar-refractivity contribution in [3.05, 3.63) is 34.8 Å². The molecule has 0 aliphatic carbocycles. The monoisotopic (exact) mass is 291 g/mol. The van der Waals surface area contributed by atoms with Crippen molar-refractivity contribution < 1.29 is 9.53 Å². The van der Waals surface area contributed by atoms with Crippen LogP contribution in [0.15, 0.2) is 24.3 Å². The minimum atomic E-state index is -0.193. The molecule has 1 amide bonds. The molecule has 5 nitrogen and oxygen atoms in total. The molecular formula is C14H17N3O2S. The first-order chi connectivity index (χ1) is 9.69. The topological polar surface area (TPSA) is 64.1 Å². The molecule has 1 N–H and O–H groups in total. The van der Waals surface area contributed by atoms with E-state index in [4.69, 9.17) is 4.74 Å². The third kappa shape index (κ3) is 4.03. The Morgan fingerprint density at radius 1 is 1.30 bits per heavy atom. The van der Waals surface area contributed by atoms with Crippen molar-refractivity contribution in [2.45, 2.75) is 26.7 Å². The zero-order chi connectivity index (χ0) is 14.4. The smallest absolute Gasteiger partial charge is 0.257 e. The number of nitrogens with zero attached hydrogens (tertiary/aromatic N) is 2. The Hall–Kier alpha value is -1.95. The van der Waals surface area contributed by atoms with E-state index >= 15 is 0 Å². The summed E-state index contributed by atoms with van der Waals surface area (Å²) in [7, 11) is 0. The van der Waals surface area contributed by atoms with E-state index in [1.54, 1.807) is 24.3 Å². The summed E-state index contributed by atoms with van der Waals surface area (Å²) in [4.78, 5) is 12.0. The quantitative estimate of drug-likeness (QED) is 0.830. The largest absolute Gasteiger partial charge is 0.494 e. The maximum atomic E-state index is 12.0. The summed E-state index contributed by atoms with van der Waals surface area (Å²) >= 11 is 1.35.